The van der Waals surface area contributed by atoms with Crippen molar-refractivity contribution >= 4 is 17.5 Å². The summed E-state index contributed by atoms with van der Waals surface area (Å²) in [5.41, 5.74) is 17.0. The van der Waals surface area contributed by atoms with Crippen LogP contribution in [0.1, 0.15) is 6.92 Å². The van der Waals surface area contributed by atoms with Crippen LogP contribution < -0.4 is 27.4 Å². The summed E-state index contributed by atoms with van der Waals surface area (Å²) in [5, 5.41) is 2.96. The summed E-state index contributed by atoms with van der Waals surface area (Å²) >= 11 is 0. The normalized spacial score (nSPS) is 10.8. The molecule has 0 aliphatic carbocycles. The molecule has 0 saturated heterocycles. The summed E-state index contributed by atoms with van der Waals surface area (Å²) in [6.07, 6.45) is 0. The highest BCUT2D eigenvalue weighted by atomic mass is 17.2. The number of aromatic nitrogens is 2. The second-order valence-corrected chi connectivity index (χ2v) is 4.71. The topological polar surface area (TPSA) is 162 Å². The molecule has 0 amide bonds. The molecule has 0 saturated carbocycles. The Morgan fingerprint density at radius 1 is 0.880 bits per heavy atom. The predicted molar refractivity (Wildman–Crippen MR) is 93.1 cm³/mol. The lowest BCUT2D eigenvalue weighted by atomic mass is 10.4. The number of nitrogens with zero attached hydrogens (tertiary/aromatic N) is 2. The van der Waals surface area contributed by atoms with Gasteiger partial charge in [-0.2, -0.15) is 14.9 Å². The molecule has 11 heteroatoms. The van der Waals surface area contributed by atoms with Crippen molar-refractivity contribution in [1.29, 1.82) is 0 Å². The van der Waals surface area contributed by atoms with E-state index in [-0.39, 0.29) is 24.1 Å². The van der Waals surface area contributed by atoms with Crippen molar-refractivity contribution in [3.05, 3.63) is 0 Å². The third-order valence-electron chi connectivity index (χ3n) is 2.73. The molecular formula is C14H28N6O5. The van der Waals surface area contributed by atoms with E-state index in [4.69, 9.17) is 41.2 Å². The van der Waals surface area contributed by atoms with Gasteiger partial charge in [0.15, 0.2) is 5.82 Å². The predicted octanol–water partition coefficient (Wildman–Crippen LogP) is -0.608. The zero-order valence-electron chi connectivity index (χ0n) is 14.5. The smallest absolute Gasteiger partial charge is 0.286 e. The number of ether oxygens (including phenoxy) is 3. The Morgan fingerprint density at radius 2 is 1.48 bits per heavy atom. The van der Waals surface area contributed by atoms with Crippen LogP contribution in [-0.2, 0) is 19.1 Å². The number of anilines is 3. The molecule has 0 fully saturated rings. The molecule has 0 aliphatic rings. The van der Waals surface area contributed by atoms with Gasteiger partial charge in [-0.05, 0) is 6.92 Å². The Balaban J connectivity index is 2.08. The van der Waals surface area contributed by atoms with Crippen molar-refractivity contribution in [1.82, 2.24) is 9.97 Å². The Kier molecular flexibility index (Phi) is 11.3. The maximum Gasteiger partial charge on any atom is 0.286 e. The van der Waals surface area contributed by atoms with Crippen molar-refractivity contribution in [3.8, 4) is 5.88 Å². The summed E-state index contributed by atoms with van der Waals surface area (Å²) in [6.45, 7) is 6.04. The minimum Gasteiger partial charge on any atom is -0.391 e. The summed E-state index contributed by atoms with van der Waals surface area (Å²) in [5.74, 6) is 0.495. The van der Waals surface area contributed by atoms with E-state index in [2.05, 4.69) is 15.3 Å². The van der Waals surface area contributed by atoms with Crippen LogP contribution >= 0.6 is 0 Å². The highest BCUT2D eigenvalue weighted by Crippen LogP contribution is 2.26. The fourth-order valence-corrected chi connectivity index (χ4v) is 1.65. The van der Waals surface area contributed by atoms with Gasteiger partial charge in [-0.25, -0.2) is 0 Å². The Hall–Kier alpha value is -1.92. The number of nitrogens with two attached hydrogens (primary N) is 3. The Bertz CT molecular complexity index is 479. The summed E-state index contributed by atoms with van der Waals surface area (Å²) in [4.78, 5) is 17.9. The third kappa shape index (κ3) is 9.22. The lowest BCUT2D eigenvalue weighted by Crippen LogP contribution is -2.15. The van der Waals surface area contributed by atoms with Crippen LogP contribution in [0.15, 0.2) is 0 Å². The van der Waals surface area contributed by atoms with Gasteiger partial charge in [0, 0.05) is 13.1 Å². The largest absolute Gasteiger partial charge is 0.391 e. The van der Waals surface area contributed by atoms with E-state index in [1.807, 2.05) is 6.92 Å². The van der Waals surface area contributed by atoms with E-state index in [1.165, 1.54) is 0 Å². The zero-order valence-corrected chi connectivity index (χ0v) is 14.5. The van der Waals surface area contributed by atoms with E-state index in [0.29, 0.717) is 58.5 Å². The fraction of sp³-hybridized carbons (Fsp3) is 0.714. The minimum absolute atomic E-state index is 0.0348. The standard InChI is InChI=1S/C14H28N6O5/c1-2-18-12-11(16)13(20-14(17)19-12)25-24-10-9-23-8-7-22-6-5-21-4-3-15/h2-10,15-16H2,1H3,(H3,17,18,19,20). The number of hydrogen-bond acceptors (Lipinski definition) is 11. The highest BCUT2D eigenvalue weighted by molar-refractivity contribution is 5.68. The van der Waals surface area contributed by atoms with Crippen molar-refractivity contribution in [3.63, 3.8) is 0 Å². The molecule has 0 unspecified atom stereocenters. The van der Waals surface area contributed by atoms with Crippen LogP contribution in [0, 0.1) is 0 Å². The molecule has 1 heterocycles. The first-order chi connectivity index (χ1) is 12.2. The highest BCUT2D eigenvalue weighted by Gasteiger charge is 2.12. The third-order valence-corrected chi connectivity index (χ3v) is 2.73. The van der Waals surface area contributed by atoms with Crippen molar-refractivity contribution in [2.45, 2.75) is 6.92 Å². The van der Waals surface area contributed by atoms with Crippen LogP contribution in [0.5, 0.6) is 5.88 Å². The van der Waals surface area contributed by atoms with Crippen LogP contribution in [0.2, 0.25) is 0 Å². The first kappa shape index (κ1) is 21.1. The van der Waals surface area contributed by atoms with E-state index >= 15 is 0 Å². The number of nitrogens with one attached hydrogen (secondary N) is 1. The summed E-state index contributed by atoms with van der Waals surface area (Å²) in [7, 11) is 0. The molecule has 0 radical (unpaired) electrons. The van der Waals surface area contributed by atoms with Gasteiger partial charge in [-0.3, -0.25) is 0 Å². The summed E-state index contributed by atoms with van der Waals surface area (Å²) < 4.78 is 15.8. The van der Waals surface area contributed by atoms with Crippen LogP contribution in [0.4, 0.5) is 17.5 Å². The SMILES string of the molecule is CCNc1nc(N)nc(OOCCOCCOCCOCCN)c1N. The van der Waals surface area contributed by atoms with Gasteiger partial charge in [0.1, 0.15) is 12.3 Å². The van der Waals surface area contributed by atoms with Gasteiger partial charge in [0.05, 0.1) is 39.6 Å². The van der Waals surface area contributed by atoms with Gasteiger partial charge in [0.2, 0.25) is 5.95 Å². The molecule has 0 atom stereocenters. The van der Waals surface area contributed by atoms with E-state index in [9.17, 15) is 0 Å². The zero-order chi connectivity index (χ0) is 18.3. The molecule has 0 aliphatic heterocycles. The molecule has 0 spiro atoms. The fourth-order valence-electron chi connectivity index (χ4n) is 1.65. The van der Waals surface area contributed by atoms with Crippen LogP contribution in [0.25, 0.3) is 0 Å². The lowest BCUT2D eigenvalue weighted by molar-refractivity contribution is -0.217. The maximum absolute atomic E-state index is 5.86. The van der Waals surface area contributed by atoms with Gasteiger partial charge in [-0.1, -0.05) is 0 Å². The molecule has 144 valence electrons. The van der Waals surface area contributed by atoms with Crippen LogP contribution in [-0.4, -0.2) is 69.3 Å². The molecule has 1 aromatic heterocycles. The van der Waals surface area contributed by atoms with Gasteiger partial charge in [0.25, 0.3) is 5.88 Å². The van der Waals surface area contributed by atoms with Crippen molar-refractivity contribution in [2.24, 2.45) is 5.73 Å². The van der Waals surface area contributed by atoms with E-state index in [1.54, 1.807) is 0 Å². The second kappa shape index (κ2) is 13.4. The molecule has 0 aromatic carbocycles. The van der Waals surface area contributed by atoms with Gasteiger partial charge >= 0.3 is 0 Å². The van der Waals surface area contributed by atoms with Gasteiger partial charge < -0.3 is 41.6 Å². The van der Waals surface area contributed by atoms with E-state index < -0.39 is 0 Å². The Morgan fingerprint density at radius 3 is 2.08 bits per heavy atom. The average Bonchev–Trinajstić information content (AvgIpc) is 2.59. The first-order valence-electron chi connectivity index (χ1n) is 8.08. The molecule has 25 heavy (non-hydrogen) atoms. The lowest BCUT2D eigenvalue weighted by Gasteiger charge is -2.11. The van der Waals surface area contributed by atoms with Crippen LogP contribution in [0.3, 0.4) is 0 Å². The maximum atomic E-state index is 5.86. The van der Waals surface area contributed by atoms with Gasteiger partial charge in [-0.15, -0.1) is 0 Å². The molecular weight excluding hydrogens is 332 g/mol. The summed E-state index contributed by atoms with van der Waals surface area (Å²) in [6, 6.07) is 0. The Labute approximate surface area is 147 Å². The molecule has 7 N–H and O–H groups in total. The number of hydrogen-bond donors (Lipinski definition) is 4. The molecule has 1 rings (SSSR count). The monoisotopic (exact) mass is 360 g/mol. The number of rotatable bonds is 15. The molecule has 1 aromatic rings. The molecule has 0 bridgehead atoms. The number of nitrogen functional groups attached to an aromatic ring is 2. The minimum atomic E-state index is 0.0348. The quantitative estimate of drug-likeness (QED) is 0.179. The first-order valence-corrected chi connectivity index (χ1v) is 8.08. The average molecular weight is 360 g/mol. The second-order valence-electron chi connectivity index (χ2n) is 4.71. The van der Waals surface area contributed by atoms with Crippen molar-refractivity contribution < 1.29 is 24.0 Å². The molecule has 11 nitrogen and oxygen atoms in total. The van der Waals surface area contributed by atoms with E-state index in [0.717, 1.165) is 0 Å². The van der Waals surface area contributed by atoms with Crippen molar-refractivity contribution in [2.75, 3.05) is 76.1 Å².